The van der Waals surface area contributed by atoms with E-state index in [9.17, 15) is 0 Å². The summed E-state index contributed by atoms with van der Waals surface area (Å²) < 4.78 is 0. The minimum Gasteiger partial charge on any atom is -0.384 e. The van der Waals surface area contributed by atoms with E-state index in [1.807, 2.05) is 30.3 Å². The fourth-order valence-electron chi connectivity index (χ4n) is 3.35. The number of fused-ring (bicyclic) bond motifs is 1. The number of rotatable bonds is 3. The number of pyridine rings is 1. The van der Waals surface area contributed by atoms with E-state index in [0.717, 1.165) is 28.7 Å². The van der Waals surface area contributed by atoms with Gasteiger partial charge in [-0.2, -0.15) is 0 Å². The molecule has 0 bridgehead atoms. The number of nitrogens with one attached hydrogen (secondary N) is 1. The Hall–Kier alpha value is -2.10. The first-order valence-corrected chi connectivity index (χ1v) is 7.64. The molecule has 3 rings (SSSR count). The molecule has 2 atom stereocenters. The van der Waals surface area contributed by atoms with E-state index < -0.39 is 0 Å². The molecule has 110 valence electrons. The number of nitrogens with zero attached hydrogens (tertiary/aromatic N) is 2. The third kappa shape index (κ3) is 2.35. The molecule has 0 amide bonds. The fourth-order valence-corrected chi connectivity index (χ4v) is 3.35. The highest BCUT2D eigenvalue weighted by Gasteiger charge is 2.32. The molecule has 1 aromatic heterocycles. The monoisotopic (exact) mass is 282 g/mol. The van der Waals surface area contributed by atoms with Gasteiger partial charge in [0.2, 0.25) is 0 Å². The van der Waals surface area contributed by atoms with Gasteiger partial charge in [-0.15, -0.1) is 0 Å². The molecule has 2 heterocycles. The van der Waals surface area contributed by atoms with Crippen LogP contribution in [-0.4, -0.2) is 22.9 Å². The Labute approximate surface area is 125 Å². The first kappa shape index (κ1) is 13.9. The Morgan fingerprint density at radius 1 is 1.38 bits per heavy atom. The number of aromatic nitrogens is 1. The largest absolute Gasteiger partial charge is 0.384 e. The van der Waals surface area contributed by atoms with Crippen molar-refractivity contribution in [1.82, 2.24) is 4.98 Å². The van der Waals surface area contributed by atoms with Crippen LogP contribution < -0.4 is 10.6 Å². The number of amidine groups is 1. The van der Waals surface area contributed by atoms with Crippen LogP contribution in [0.1, 0.15) is 38.7 Å². The Balaban J connectivity index is 2.19. The molecule has 1 saturated heterocycles. The second kappa shape index (κ2) is 5.35. The smallest absolute Gasteiger partial charge is 0.140 e. The predicted molar refractivity (Wildman–Crippen MR) is 88.0 cm³/mol. The number of hydrogen-bond acceptors (Lipinski definition) is 3. The zero-order chi connectivity index (χ0) is 15.0. The normalized spacial score (nSPS) is 21.9. The maximum Gasteiger partial charge on any atom is 0.140 e. The molecule has 0 radical (unpaired) electrons. The van der Waals surface area contributed by atoms with Gasteiger partial charge >= 0.3 is 0 Å². The predicted octanol–water partition coefficient (Wildman–Crippen LogP) is 3.29. The average Bonchev–Trinajstić information content (AvgIpc) is 2.86. The van der Waals surface area contributed by atoms with Crippen LogP contribution in [0, 0.1) is 5.41 Å². The van der Waals surface area contributed by atoms with Crippen LogP contribution in [0.25, 0.3) is 10.9 Å². The van der Waals surface area contributed by atoms with E-state index in [2.05, 4.69) is 18.7 Å². The van der Waals surface area contributed by atoms with Crippen molar-refractivity contribution in [2.45, 2.75) is 45.2 Å². The van der Waals surface area contributed by atoms with Gasteiger partial charge < -0.3 is 10.6 Å². The molecule has 21 heavy (non-hydrogen) atoms. The molecule has 0 spiro atoms. The molecule has 1 aliphatic rings. The molecule has 2 unspecified atom stereocenters. The highest BCUT2D eigenvalue weighted by molar-refractivity contribution is 6.03. The number of para-hydroxylation sites is 1. The minimum atomic E-state index is 0.0946. The van der Waals surface area contributed by atoms with Crippen LogP contribution in [0.4, 0.5) is 5.82 Å². The van der Waals surface area contributed by atoms with Crippen molar-refractivity contribution >= 4 is 22.6 Å². The average molecular weight is 282 g/mol. The summed E-state index contributed by atoms with van der Waals surface area (Å²) in [6.07, 6.45) is 3.45. The van der Waals surface area contributed by atoms with Crippen LogP contribution in [0.15, 0.2) is 30.3 Å². The van der Waals surface area contributed by atoms with Gasteiger partial charge in [-0.05, 0) is 38.3 Å². The van der Waals surface area contributed by atoms with E-state index in [4.69, 9.17) is 16.1 Å². The summed E-state index contributed by atoms with van der Waals surface area (Å²) in [5.74, 6) is 0.968. The Morgan fingerprint density at radius 3 is 2.86 bits per heavy atom. The van der Waals surface area contributed by atoms with Gasteiger partial charge in [-0.25, -0.2) is 4.98 Å². The topological polar surface area (TPSA) is 66.0 Å². The van der Waals surface area contributed by atoms with Gasteiger partial charge in [0, 0.05) is 17.5 Å². The second-order valence-corrected chi connectivity index (χ2v) is 5.86. The van der Waals surface area contributed by atoms with Crippen molar-refractivity contribution < 1.29 is 0 Å². The van der Waals surface area contributed by atoms with Crippen LogP contribution in [0.2, 0.25) is 0 Å². The van der Waals surface area contributed by atoms with Crippen LogP contribution in [0.5, 0.6) is 0 Å². The second-order valence-electron chi connectivity index (χ2n) is 5.86. The summed E-state index contributed by atoms with van der Waals surface area (Å²) in [7, 11) is 0. The molecule has 0 saturated carbocycles. The van der Waals surface area contributed by atoms with Gasteiger partial charge in [0.1, 0.15) is 11.7 Å². The maximum absolute atomic E-state index is 7.92. The van der Waals surface area contributed by atoms with Crippen molar-refractivity contribution in [3.63, 3.8) is 0 Å². The van der Waals surface area contributed by atoms with Gasteiger partial charge in [0.15, 0.2) is 0 Å². The van der Waals surface area contributed by atoms with E-state index in [1.54, 1.807) is 0 Å². The van der Waals surface area contributed by atoms with Gasteiger partial charge in [-0.1, -0.05) is 25.1 Å². The highest BCUT2D eigenvalue weighted by Crippen LogP contribution is 2.34. The molecule has 1 fully saturated rings. The van der Waals surface area contributed by atoms with Gasteiger partial charge in [-0.3, -0.25) is 5.41 Å². The van der Waals surface area contributed by atoms with E-state index in [0.29, 0.717) is 12.1 Å². The van der Waals surface area contributed by atoms with Gasteiger partial charge in [0.05, 0.1) is 11.1 Å². The molecular formula is C17H22N4. The quantitative estimate of drug-likeness (QED) is 0.670. The Bertz CT molecular complexity index is 680. The van der Waals surface area contributed by atoms with Crippen molar-refractivity contribution in [3.8, 4) is 0 Å². The zero-order valence-corrected chi connectivity index (χ0v) is 12.6. The summed E-state index contributed by atoms with van der Waals surface area (Å²) in [6.45, 7) is 4.45. The number of nitrogen functional groups attached to an aromatic ring is 1. The highest BCUT2D eigenvalue weighted by atomic mass is 15.3. The van der Waals surface area contributed by atoms with Crippen molar-refractivity contribution in [2.75, 3.05) is 4.90 Å². The van der Waals surface area contributed by atoms with Crippen LogP contribution >= 0.6 is 0 Å². The number of benzene rings is 1. The van der Waals surface area contributed by atoms with E-state index in [-0.39, 0.29) is 5.84 Å². The molecule has 4 heteroatoms. The SMILES string of the molecule is CCC1CCC(C)N1c1nc2ccccc2cc1C(=N)N. The summed E-state index contributed by atoms with van der Waals surface area (Å²) in [5.41, 5.74) is 7.54. The van der Waals surface area contributed by atoms with E-state index in [1.165, 1.54) is 12.8 Å². The van der Waals surface area contributed by atoms with E-state index >= 15 is 0 Å². The van der Waals surface area contributed by atoms with Crippen molar-refractivity contribution in [3.05, 3.63) is 35.9 Å². The first-order valence-electron chi connectivity index (χ1n) is 7.64. The molecule has 1 aliphatic heterocycles. The molecular weight excluding hydrogens is 260 g/mol. The lowest BCUT2D eigenvalue weighted by Gasteiger charge is -2.31. The summed E-state index contributed by atoms with van der Waals surface area (Å²) in [4.78, 5) is 7.20. The van der Waals surface area contributed by atoms with Gasteiger partial charge in [0.25, 0.3) is 0 Å². The number of anilines is 1. The third-order valence-corrected chi connectivity index (χ3v) is 4.50. The zero-order valence-electron chi connectivity index (χ0n) is 12.6. The van der Waals surface area contributed by atoms with Crippen LogP contribution in [-0.2, 0) is 0 Å². The summed E-state index contributed by atoms with van der Waals surface area (Å²) in [6, 6.07) is 11.0. The first-order chi connectivity index (χ1) is 10.1. The lowest BCUT2D eigenvalue weighted by atomic mass is 10.1. The lowest BCUT2D eigenvalue weighted by molar-refractivity contribution is 0.621. The third-order valence-electron chi connectivity index (χ3n) is 4.50. The minimum absolute atomic E-state index is 0.0946. The number of hydrogen-bond donors (Lipinski definition) is 2. The van der Waals surface area contributed by atoms with Crippen molar-refractivity contribution in [1.29, 1.82) is 5.41 Å². The Morgan fingerprint density at radius 2 is 2.14 bits per heavy atom. The Kier molecular flexibility index (Phi) is 3.53. The molecule has 3 N–H and O–H groups in total. The molecule has 1 aromatic carbocycles. The summed E-state index contributed by atoms with van der Waals surface area (Å²) >= 11 is 0. The van der Waals surface area contributed by atoms with Crippen molar-refractivity contribution in [2.24, 2.45) is 5.73 Å². The molecule has 4 nitrogen and oxygen atoms in total. The maximum atomic E-state index is 7.92. The van der Waals surface area contributed by atoms with Crippen LogP contribution in [0.3, 0.4) is 0 Å². The standard InChI is InChI=1S/C17H22N4/c1-3-13-9-8-11(2)21(13)17-14(16(18)19)10-12-6-4-5-7-15(12)20-17/h4-7,10-11,13H,3,8-9H2,1-2H3,(H3,18,19). The molecule has 0 aliphatic carbocycles. The fraction of sp³-hybridized carbons (Fsp3) is 0.412. The number of nitrogens with two attached hydrogens (primary N) is 1. The lowest BCUT2D eigenvalue weighted by Crippen LogP contribution is -2.36. The molecule has 2 aromatic rings. The summed E-state index contributed by atoms with van der Waals surface area (Å²) in [5, 5.41) is 8.95.